The van der Waals surface area contributed by atoms with E-state index in [0.717, 1.165) is 6.42 Å². The predicted octanol–water partition coefficient (Wildman–Crippen LogP) is 4.99. The van der Waals surface area contributed by atoms with Crippen LogP contribution in [0.5, 0.6) is 0 Å². The van der Waals surface area contributed by atoms with Gasteiger partial charge < -0.3 is 0 Å². The summed E-state index contributed by atoms with van der Waals surface area (Å²) in [7, 11) is 0. The van der Waals surface area contributed by atoms with Crippen LogP contribution >= 0.6 is 0 Å². The molecule has 0 heterocycles. The molecule has 0 radical (unpaired) electrons. The molecule has 1 aliphatic carbocycles. The molecular formula is C24H22. The lowest BCUT2D eigenvalue weighted by molar-refractivity contribution is 1.42. The Morgan fingerprint density at radius 3 is 1.67 bits per heavy atom. The van der Waals surface area contributed by atoms with E-state index in [1.807, 2.05) is 0 Å². The molecule has 0 saturated heterocycles. The Morgan fingerprint density at radius 1 is 0.583 bits per heavy atom. The van der Waals surface area contributed by atoms with Gasteiger partial charge in [-0.05, 0) is 59.9 Å². The summed E-state index contributed by atoms with van der Waals surface area (Å²) in [6.07, 6.45) is 3.44. The molecule has 3 aromatic carbocycles. The van der Waals surface area contributed by atoms with Gasteiger partial charge >= 0.3 is 0 Å². The van der Waals surface area contributed by atoms with Crippen molar-refractivity contribution < 1.29 is 0 Å². The van der Waals surface area contributed by atoms with Crippen molar-refractivity contribution in [3.63, 3.8) is 0 Å². The van der Waals surface area contributed by atoms with Crippen molar-refractivity contribution in [2.75, 3.05) is 0 Å². The molecule has 4 rings (SSSR count). The van der Waals surface area contributed by atoms with Crippen molar-refractivity contribution >= 4 is 11.6 Å². The Morgan fingerprint density at radius 2 is 1.08 bits per heavy atom. The predicted molar refractivity (Wildman–Crippen MR) is 104 cm³/mol. The van der Waals surface area contributed by atoms with Gasteiger partial charge in [0.25, 0.3) is 0 Å². The molecule has 0 N–H and O–H groups in total. The zero-order chi connectivity index (χ0) is 16.7. The van der Waals surface area contributed by atoms with Gasteiger partial charge in [0.15, 0.2) is 0 Å². The number of benzene rings is 3. The fraction of sp³-hybridized carbons (Fsp3) is 0.167. The highest BCUT2D eigenvalue weighted by Gasteiger charge is 2.12. The fourth-order valence-electron chi connectivity index (χ4n) is 3.61. The van der Waals surface area contributed by atoms with Gasteiger partial charge in [-0.25, -0.2) is 0 Å². The molecule has 0 saturated carbocycles. The van der Waals surface area contributed by atoms with E-state index < -0.39 is 0 Å². The average molecular weight is 310 g/mol. The summed E-state index contributed by atoms with van der Waals surface area (Å²) < 4.78 is 0. The van der Waals surface area contributed by atoms with Gasteiger partial charge in [-0.2, -0.15) is 0 Å². The van der Waals surface area contributed by atoms with Crippen LogP contribution in [-0.2, 0) is 0 Å². The van der Waals surface area contributed by atoms with Gasteiger partial charge in [-0.15, -0.1) is 0 Å². The summed E-state index contributed by atoms with van der Waals surface area (Å²) in [5, 5.41) is 2.83. The Balaban J connectivity index is 1.97. The second-order valence-electron chi connectivity index (χ2n) is 6.87. The minimum absolute atomic E-state index is 1.05. The van der Waals surface area contributed by atoms with E-state index in [1.165, 1.54) is 49.4 Å². The fourth-order valence-corrected chi connectivity index (χ4v) is 3.61. The van der Waals surface area contributed by atoms with Crippen molar-refractivity contribution in [2.45, 2.75) is 27.2 Å². The SMILES string of the molecule is CC1=c2c(-c3ccc(C)cc3)ccc(-c3ccc(C)cc3)c2=CC1. The van der Waals surface area contributed by atoms with E-state index in [0.29, 0.717) is 0 Å². The lowest BCUT2D eigenvalue weighted by atomic mass is 9.95. The largest absolute Gasteiger partial charge is 0.0719 e. The average Bonchev–Trinajstić information content (AvgIpc) is 2.98. The smallest absolute Gasteiger partial charge is 0.0106 e. The van der Waals surface area contributed by atoms with E-state index >= 15 is 0 Å². The Bertz CT molecular complexity index is 1020. The first-order chi connectivity index (χ1) is 11.6. The molecule has 0 aliphatic heterocycles. The van der Waals surface area contributed by atoms with E-state index in [1.54, 1.807) is 0 Å². The first-order valence-corrected chi connectivity index (χ1v) is 8.60. The van der Waals surface area contributed by atoms with Crippen LogP contribution in [0, 0.1) is 13.8 Å². The van der Waals surface area contributed by atoms with Crippen LogP contribution in [0.3, 0.4) is 0 Å². The standard InChI is InChI=1S/C24H22/c1-16-4-9-19(10-5-16)21-14-15-22(20-11-6-17(2)7-12-20)24-18(3)8-13-23(21)24/h4-7,9-15H,8H2,1-3H3. The third-order valence-electron chi connectivity index (χ3n) is 5.01. The topological polar surface area (TPSA) is 0 Å². The minimum atomic E-state index is 1.05. The van der Waals surface area contributed by atoms with Crippen molar-refractivity contribution in [1.29, 1.82) is 0 Å². The van der Waals surface area contributed by atoms with Gasteiger partial charge in [-0.1, -0.05) is 83.4 Å². The van der Waals surface area contributed by atoms with Crippen molar-refractivity contribution in [2.24, 2.45) is 0 Å². The van der Waals surface area contributed by atoms with Crippen molar-refractivity contribution in [3.05, 3.63) is 82.2 Å². The van der Waals surface area contributed by atoms with Crippen molar-refractivity contribution in [3.8, 4) is 22.3 Å². The molecule has 118 valence electrons. The molecule has 24 heavy (non-hydrogen) atoms. The van der Waals surface area contributed by atoms with Gasteiger partial charge in [-0.3, -0.25) is 0 Å². The highest BCUT2D eigenvalue weighted by Crippen LogP contribution is 2.23. The summed E-state index contributed by atoms with van der Waals surface area (Å²) in [5.41, 5.74) is 9.39. The second kappa shape index (κ2) is 5.79. The Hall–Kier alpha value is -2.60. The molecule has 0 bridgehead atoms. The number of aryl methyl sites for hydroxylation is 2. The summed E-state index contributed by atoms with van der Waals surface area (Å²) in [6.45, 7) is 6.54. The summed E-state index contributed by atoms with van der Waals surface area (Å²) in [5.74, 6) is 0. The number of hydrogen-bond acceptors (Lipinski definition) is 0. The van der Waals surface area contributed by atoms with E-state index in [9.17, 15) is 0 Å². The molecule has 0 spiro atoms. The Kier molecular flexibility index (Phi) is 3.61. The van der Waals surface area contributed by atoms with Crippen LogP contribution < -0.4 is 10.4 Å². The van der Waals surface area contributed by atoms with E-state index in [2.05, 4.69) is 87.5 Å². The van der Waals surface area contributed by atoms with Crippen molar-refractivity contribution in [1.82, 2.24) is 0 Å². The molecule has 0 heteroatoms. The third-order valence-corrected chi connectivity index (χ3v) is 5.01. The highest BCUT2D eigenvalue weighted by atomic mass is 14.2. The van der Waals surface area contributed by atoms with Crippen LogP contribution in [0.25, 0.3) is 33.9 Å². The summed E-state index contributed by atoms with van der Waals surface area (Å²) >= 11 is 0. The molecule has 0 unspecified atom stereocenters. The van der Waals surface area contributed by atoms with Gasteiger partial charge in [0.2, 0.25) is 0 Å². The van der Waals surface area contributed by atoms with Crippen LogP contribution in [-0.4, -0.2) is 0 Å². The Labute approximate surface area is 143 Å². The lowest BCUT2D eigenvalue weighted by Gasteiger charge is -2.09. The van der Waals surface area contributed by atoms with Crippen LogP contribution in [0.2, 0.25) is 0 Å². The molecule has 0 atom stereocenters. The van der Waals surface area contributed by atoms with E-state index in [4.69, 9.17) is 0 Å². The summed E-state index contributed by atoms with van der Waals surface area (Å²) in [6, 6.07) is 22.3. The molecule has 0 amide bonds. The molecule has 1 aliphatic rings. The van der Waals surface area contributed by atoms with E-state index in [-0.39, 0.29) is 0 Å². The molecule has 0 aromatic heterocycles. The molecule has 0 fully saturated rings. The second-order valence-corrected chi connectivity index (χ2v) is 6.87. The molecule has 3 aromatic rings. The maximum atomic E-state index is 2.39. The maximum absolute atomic E-state index is 2.39. The monoisotopic (exact) mass is 310 g/mol. The zero-order valence-corrected chi connectivity index (χ0v) is 14.6. The van der Waals surface area contributed by atoms with Crippen LogP contribution in [0.15, 0.2) is 60.7 Å². The third kappa shape index (κ3) is 2.49. The highest BCUT2D eigenvalue weighted by molar-refractivity contribution is 5.78. The van der Waals surface area contributed by atoms with Crippen LogP contribution in [0.1, 0.15) is 24.5 Å². The quantitative estimate of drug-likeness (QED) is 0.625. The number of rotatable bonds is 2. The van der Waals surface area contributed by atoms with Gasteiger partial charge in [0, 0.05) is 0 Å². The summed E-state index contributed by atoms with van der Waals surface area (Å²) in [4.78, 5) is 0. The normalized spacial score (nSPS) is 12.9. The first-order valence-electron chi connectivity index (χ1n) is 8.60. The number of fused-ring (bicyclic) bond motifs is 1. The minimum Gasteiger partial charge on any atom is -0.0719 e. The zero-order valence-electron chi connectivity index (χ0n) is 14.6. The van der Waals surface area contributed by atoms with Gasteiger partial charge in [0.05, 0.1) is 0 Å². The maximum Gasteiger partial charge on any atom is -0.0106 e. The van der Waals surface area contributed by atoms with Gasteiger partial charge in [0.1, 0.15) is 0 Å². The first kappa shape index (κ1) is 15.0. The molecule has 0 nitrogen and oxygen atoms in total. The lowest BCUT2D eigenvalue weighted by Crippen LogP contribution is -2.27. The van der Waals surface area contributed by atoms with Crippen LogP contribution in [0.4, 0.5) is 0 Å². The number of hydrogen-bond donors (Lipinski definition) is 0. The molecular weight excluding hydrogens is 288 g/mol.